The first kappa shape index (κ1) is 11.2. The minimum absolute atomic E-state index is 0.107. The van der Waals surface area contributed by atoms with Gasteiger partial charge < -0.3 is 4.74 Å². The standard InChI is InChI=1S/C18H12O2/c19-16-10-14-7-3-4-8-17(14)20-18-11-13-6-2-1-5-12(13)9-15(16)18/h1-9,11H,10H2. The van der Waals surface area contributed by atoms with Crippen LogP contribution in [0.25, 0.3) is 10.8 Å². The summed E-state index contributed by atoms with van der Waals surface area (Å²) < 4.78 is 5.96. The molecule has 0 bridgehead atoms. The Morgan fingerprint density at radius 1 is 0.800 bits per heavy atom. The first-order valence-electron chi connectivity index (χ1n) is 6.63. The maximum Gasteiger partial charge on any atom is 0.171 e. The fourth-order valence-electron chi connectivity index (χ4n) is 2.66. The summed E-state index contributed by atoms with van der Waals surface area (Å²) in [5.74, 6) is 1.53. The number of carbonyl (C=O) groups excluding carboxylic acids is 1. The highest BCUT2D eigenvalue weighted by Gasteiger charge is 2.21. The number of benzene rings is 3. The topological polar surface area (TPSA) is 26.3 Å². The van der Waals surface area contributed by atoms with Gasteiger partial charge in [0, 0.05) is 12.0 Å². The quantitative estimate of drug-likeness (QED) is 0.600. The fraction of sp³-hybridized carbons (Fsp3) is 0.0556. The number of para-hydroxylation sites is 1. The molecule has 0 atom stereocenters. The van der Waals surface area contributed by atoms with Gasteiger partial charge in [0.1, 0.15) is 11.5 Å². The van der Waals surface area contributed by atoms with Crippen molar-refractivity contribution in [3.05, 3.63) is 71.8 Å². The molecule has 1 aliphatic rings. The Morgan fingerprint density at radius 2 is 1.50 bits per heavy atom. The SMILES string of the molecule is O=C1Cc2ccccc2Oc2cc3ccccc3cc21. The van der Waals surface area contributed by atoms with E-state index in [2.05, 4.69) is 0 Å². The van der Waals surface area contributed by atoms with Crippen LogP contribution in [0, 0.1) is 0 Å². The van der Waals surface area contributed by atoms with Gasteiger partial charge in [-0.2, -0.15) is 0 Å². The summed E-state index contributed by atoms with van der Waals surface area (Å²) in [7, 11) is 0. The Bertz CT molecular complexity index is 834. The summed E-state index contributed by atoms with van der Waals surface area (Å²) in [5, 5.41) is 2.15. The summed E-state index contributed by atoms with van der Waals surface area (Å²) in [6.45, 7) is 0. The van der Waals surface area contributed by atoms with Crippen LogP contribution >= 0.6 is 0 Å². The van der Waals surface area contributed by atoms with Crippen LogP contribution in [-0.4, -0.2) is 5.78 Å². The van der Waals surface area contributed by atoms with E-state index in [1.165, 1.54) is 0 Å². The van der Waals surface area contributed by atoms with Gasteiger partial charge in [-0.1, -0.05) is 42.5 Å². The molecular weight excluding hydrogens is 248 g/mol. The molecule has 0 amide bonds. The molecule has 2 nitrogen and oxygen atoms in total. The molecule has 3 aromatic carbocycles. The Kier molecular flexibility index (Phi) is 2.36. The Balaban J connectivity index is 1.97. The summed E-state index contributed by atoms with van der Waals surface area (Å²) in [6.07, 6.45) is 0.390. The van der Waals surface area contributed by atoms with Crippen molar-refractivity contribution in [1.82, 2.24) is 0 Å². The second-order valence-electron chi connectivity index (χ2n) is 5.01. The number of carbonyl (C=O) groups is 1. The Morgan fingerprint density at radius 3 is 2.35 bits per heavy atom. The Labute approximate surface area is 116 Å². The molecule has 2 heteroatoms. The van der Waals surface area contributed by atoms with Gasteiger partial charge in [0.15, 0.2) is 5.78 Å². The number of ether oxygens (including phenoxy) is 1. The van der Waals surface area contributed by atoms with Crippen molar-refractivity contribution in [2.24, 2.45) is 0 Å². The summed E-state index contributed by atoms with van der Waals surface area (Å²) in [4.78, 5) is 12.4. The molecule has 0 aromatic heterocycles. The zero-order valence-corrected chi connectivity index (χ0v) is 10.8. The van der Waals surface area contributed by atoms with E-state index in [0.717, 1.165) is 22.1 Å². The third-order valence-corrected chi connectivity index (χ3v) is 3.69. The highest BCUT2D eigenvalue weighted by Crippen LogP contribution is 2.35. The van der Waals surface area contributed by atoms with E-state index in [-0.39, 0.29) is 5.78 Å². The summed E-state index contributed by atoms with van der Waals surface area (Å²) >= 11 is 0. The number of hydrogen-bond donors (Lipinski definition) is 0. The molecule has 4 rings (SSSR count). The van der Waals surface area contributed by atoms with Crippen LogP contribution in [0.1, 0.15) is 15.9 Å². The van der Waals surface area contributed by atoms with Crippen LogP contribution < -0.4 is 4.74 Å². The maximum atomic E-state index is 12.4. The minimum Gasteiger partial charge on any atom is -0.456 e. The van der Waals surface area contributed by atoms with Gasteiger partial charge in [-0.3, -0.25) is 4.79 Å². The highest BCUT2D eigenvalue weighted by molar-refractivity contribution is 6.04. The van der Waals surface area contributed by atoms with E-state index in [1.807, 2.05) is 60.7 Å². The molecule has 0 aliphatic carbocycles. The van der Waals surface area contributed by atoms with Crippen molar-refractivity contribution in [1.29, 1.82) is 0 Å². The maximum absolute atomic E-state index is 12.4. The van der Waals surface area contributed by atoms with E-state index < -0.39 is 0 Å². The van der Waals surface area contributed by atoms with E-state index in [0.29, 0.717) is 17.7 Å². The predicted octanol–water partition coefficient (Wildman–Crippen LogP) is 4.37. The summed E-state index contributed by atoms with van der Waals surface area (Å²) in [5.41, 5.74) is 1.61. The van der Waals surface area contributed by atoms with E-state index >= 15 is 0 Å². The first-order chi connectivity index (χ1) is 9.81. The lowest BCUT2D eigenvalue weighted by atomic mass is 10.00. The molecule has 0 fully saturated rings. The monoisotopic (exact) mass is 260 g/mol. The molecule has 0 unspecified atom stereocenters. The van der Waals surface area contributed by atoms with Gasteiger partial charge >= 0.3 is 0 Å². The van der Waals surface area contributed by atoms with Crippen LogP contribution in [0.2, 0.25) is 0 Å². The van der Waals surface area contributed by atoms with Crippen molar-refractivity contribution in [2.45, 2.75) is 6.42 Å². The van der Waals surface area contributed by atoms with Crippen LogP contribution in [0.15, 0.2) is 60.7 Å². The van der Waals surface area contributed by atoms with Gasteiger partial charge in [-0.25, -0.2) is 0 Å². The molecule has 0 N–H and O–H groups in total. The molecule has 96 valence electrons. The van der Waals surface area contributed by atoms with Crippen molar-refractivity contribution in [3.8, 4) is 11.5 Å². The van der Waals surface area contributed by atoms with E-state index in [9.17, 15) is 4.79 Å². The lowest BCUT2D eigenvalue weighted by Gasteiger charge is -2.09. The third kappa shape index (κ3) is 1.69. The first-order valence-corrected chi connectivity index (χ1v) is 6.63. The molecule has 20 heavy (non-hydrogen) atoms. The molecule has 0 spiro atoms. The van der Waals surface area contributed by atoms with Crippen molar-refractivity contribution >= 4 is 16.6 Å². The molecule has 0 radical (unpaired) electrons. The average Bonchev–Trinajstić information content (AvgIpc) is 2.61. The lowest BCUT2D eigenvalue weighted by Crippen LogP contribution is -2.01. The smallest absolute Gasteiger partial charge is 0.171 e. The van der Waals surface area contributed by atoms with E-state index in [4.69, 9.17) is 4.74 Å². The average molecular weight is 260 g/mol. The van der Waals surface area contributed by atoms with Gasteiger partial charge in [-0.05, 0) is 29.0 Å². The van der Waals surface area contributed by atoms with Crippen LogP contribution in [-0.2, 0) is 6.42 Å². The molecule has 0 saturated carbocycles. The number of Topliss-reactive ketones (excluding diaryl/α,β-unsaturated/α-hetero) is 1. The van der Waals surface area contributed by atoms with Gasteiger partial charge in [0.05, 0.1) is 5.56 Å². The lowest BCUT2D eigenvalue weighted by molar-refractivity contribution is 0.0993. The van der Waals surface area contributed by atoms with Gasteiger partial charge in [0.25, 0.3) is 0 Å². The Hall–Kier alpha value is -2.61. The van der Waals surface area contributed by atoms with E-state index in [1.54, 1.807) is 0 Å². The fourth-order valence-corrected chi connectivity index (χ4v) is 2.66. The molecule has 0 saturated heterocycles. The third-order valence-electron chi connectivity index (χ3n) is 3.69. The van der Waals surface area contributed by atoms with Crippen molar-refractivity contribution in [3.63, 3.8) is 0 Å². The van der Waals surface area contributed by atoms with Gasteiger partial charge in [0.2, 0.25) is 0 Å². The minimum atomic E-state index is 0.107. The van der Waals surface area contributed by atoms with Gasteiger partial charge in [-0.15, -0.1) is 0 Å². The second kappa shape index (κ2) is 4.20. The van der Waals surface area contributed by atoms with Crippen LogP contribution in [0.5, 0.6) is 11.5 Å². The highest BCUT2D eigenvalue weighted by atomic mass is 16.5. The van der Waals surface area contributed by atoms with Crippen LogP contribution in [0.4, 0.5) is 0 Å². The molecule has 3 aromatic rings. The molecule has 1 heterocycles. The van der Waals surface area contributed by atoms with Crippen molar-refractivity contribution < 1.29 is 9.53 Å². The zero-order chi connectivity index (χ0) is 13.5. The number of fused-ring (bicyclic) bond motifs is 3. The van der Waals surface area contributed by atoms with Crippen LogP contribution in [0.3, 0.4) is 0 Å². The number of ketones is 1. The second-order valence-corrected chi connectivity index (χ2v) is 5.01. The molecular formula is C18H12O2. The predicted molar refractivity (Wildman–Crippen MR) is 78.5 cm³/mol. The molecule has 1 aliphatic heterocycles. The number of rotatable bonds is 0. The summed E-state index contributed by atoms with van der Waals surface area (Å²) in [6, 6.07) is 19.6. The zero-order valence-electron chi connectivity index (χ0n) is 10.8. The van der Waals surface area contributed by atoms with Crippen molar-refractivity contribution in [2.75, 3.05) is 0 Å². The largest absolute Gasteiger partial charge is 0.456 e. The normalized spacial score (nSPS) is 13.3. The number of hydrogen-bond acceptors (Lipinski definition) is 2.